The molecular weight excluding hydrogens is 192 g/mol. The van der Waals surface area contributed by atoms with E-state index in [-0.39, 0.29) is 0 Å². The fraction of sp³-hybridized carbons (Fsp3) is 0.375. The molecule has 0 atom stereocenters. The molecule has 0 aliphatic carbocycles. The van der Waals surface area contributed by atoms with E-state index in [0.29, 0.717) is 24.0 Å². The Labute approximate surface area is 81.6 Å². The monoisotopic (exact) mass is 202 g/mol. The molecule has 1 aromatic rings. The van der Waals surface area contributed by atoms with Crippen LogP contribution in [0.3, 0.4) is 0 Å². The maximum absolute atomic E-state index is 5.70. The van der Waals surface area contributed by atoms with Gasteiger partial charge in [-0.25, -0.2) is 5.90 Å². The predicted molar refractivity (Wildman–Crippen MR) is 49.5 cm³/mol. The summed E-state index contributed by atoms with van der Waals surface area (Å²) in [6, 6.07) is 1.71. The maximum atomic E-state index is 5.70. The molecule has 0 aliphatic rings. The second-order valence-corrected chi connectivity index (χ2v) is 2.85. The second-order valence-electron chi connectivity index (χ2n) is 2.41. The molecule has 0 fully saturated rings. The van der Waals surface area contributed by atoms with Gasteiger partial charge in [-0.1, -0.05) is 11.6 Å². The molecule has 0 amide bonds. The molecule has 0 aliphatic heterocycles. The standard InChI is InChI=1S/C8H11ClN2O2/c9-7-4-8(6-11-5-7)12-2-1-3-13-10/h4-6H,1-3,10H2. The molecule has 1 rings (SSSR count). The van der Waals surface area contributed by atoms with Gasteiger partial charge in [0.2, 0.25) is 0 Å². The fourth-order valence-corrected chi connectivity index (χ4v) is 0.967. The van der Waals surface area contributed by atoms with Crippen molar-refractivity contribution in [3.8, 4) is 5.75 Å². The topological polar surface area (TPSA) is 57.4 Å². The third-order valence-corrected chi connectivity index (χ3v) is 1.56. The second kappa shape index (κ2) is 5.75. The molecule has 0 spiro atoms. The summed E-state index contributed by atoms with van der Waals surface area (Å²) in [5, 5.41) is 0.563. The highest BCUT2D eigenvalue weighted by Gasteiger charge is 1.95. The van der Waals surface area contributed by atoms with Crippen LogP contribution in [0.1, 0.15) is 6.42 Å². The first-order valence-electron chi connectivity index (χ1n) is 3.88. The van der Waals surface area contributed by atoms with E-state index in [0.717, 1.165) is 6.42 Å². The summed E-state index contributed by atoms with van der Waals surface area (Å²) in [4.78, 5) is 8.25. The Balaban J connectivity index is 2.28. The molecule has 5 heteroatoms. The highest BCUT2D eigenvalue weighted by Crippen LogP contribution is 2.14. The number of hydrogen-bond donors (Lipinski definition) is 1. The van der Waals surface area contributed by atoms with Crippen LogP contribution >= 0.6 is 11.6 Å². The van der Waals surface area contributed by atoms with Crippen molar-refractivity contribution in [3.05, 3.63) is 23.5 Å². The zero-order chi connectivity index (χ0) is 9.52. The van der Waals surface area contributed by atoms with Crippen molar-refractivity contribution in [2.45, 2.75) is 6.42 Å². The van der Waals surface area contributed by atoms with E-state index in [2.05, 4.69) is 9.82 Å². The molecule has 0 bridgehead atoms. The first kappa shape index (κ1) is 10.2. The minimum Gasteiger partial charge on any atom is -0.492 e. The molecule has 1 aromatic heterocycles. The van der Waals surface area contributed by atoms with Gasteiger partial charge in [-0.05, 0) is 0 Å². The van der Waals surface area contributed by atoms with E-state index >= 15 is 0 Å². The summed E-state index contributed by atoms with van der Waals surface area (Å²) in [7, 11) is 0. The molecule has 0 radical (unpaired) electrons. The molecule has 0 aromatic carbocycles. The minimum absolute atomic E-state index is 0.480. The van der Waals surface area contributed by atoms with Crippen molar-refractivity contribution >= 4 is 11.6 Å². The van der Waals surface area contributed by atoms with Crippen LogP contribution in [0.5, 0.6) is 5.75 Å². The van der Waals surface area contributed by atoms with E-state index in [4.69, 9.17) is 22.2 Å². The Morgan fingerprint density at radius 3 is 2.92 bits per heavy atom. The van der Waals surface area contributed by atoms with Crippen LogP contribution in [-0.4, -0.2) is 18.2 Å². The highest BCUT2D eigenvalue weighted by molar-refractivity contribution is 6.30. The van der Waals surface area contributed by atoms with Crippen LogP contribution in [-0.2, 0) is 4.84 Å². The van der Waals surface area contributed by atoms with Gasteiger partial charge in [0.15, 0.2) is 0 Å². The lowest BCUT2D eigenvalue weighted by molar-refractivity contribution is 0.122. The number of pyridine rings is 1. The summed E-state index contributed by atoms with van der Waals surface area (Å²) in [6.07, 6.45) is 3.90. The fourth-order valence-electron chi connectivity index (χ4n) is 0.804. The van der Waals surface area contributed by atoms with Crippen molar-refractivity contribution < 1.29 is 9.57 Å². The summed E-state index contributed by atoms with van der Waals surface area (Å²) >= 11 is 5.70. The van der Waals surface area contributed by atoms with Crippen LogP contribution in [0.25, 0.3) is 0 Å². The summed E-state index contributed by atoms with van der Waals surface area (Å²) in [5.41, 5.74) is 0. The first-order valence-corrected chi connectivity index (χ1v) is 4.26. The van der Waals surface area contributed by atoms with Crippen molar-refractivity contribution in [2.75, 3.05) is 13.2 Å². The number of ether oxygens (including phenoxy) is 1. The number of hydrogen-bond acceptors (Lipinski definition) is 4. The Morgan fingerprint density at radius 2 is 2.23 bits per heavy atom. The maximum Gasteiger partial charge on any atom is 0.139 e. The Bertz CT molecular complexity index is 258. The lowest BCUT2D eigenvalue weighted by atomic mass is 10.4. The summed E-state index contributed by atoms with van der Waals surface area (Å²) < 4.78 is 5.31. The molecule has 2 N–H and O–H groups in total. The number of nitrogens with zero attached hydrogens (tertiary/aromatic N) is 1. The molecular formula is C8H11ClN2O2. The minimum atomic E-state index is 0.480. The Morgan fingerprint density at radius 1 is 1.38 bits per heavy atom. The van der Waals surface area contributed by atoms with Gasteiger partial charge in [-0.2, -0.15) is 0 Å². The number of aromatic nitrogens is 1. The largest absolute Gasteiger partial charge is 0.492 e. The van der Waals surface area contributed by atoms with Crippen LogP contribution < -0.4 is 10.6 Å². The van der Waals surface area contributed by atoms with Crippen LogP contribution in [0, 0.1) is 0 Å². The smallest absolute Gasteiger partial charge is 0.139 e. The van der Waals surface area contributed by atoms with Gasteiger partial charge in [0.25, 0.3) is 0 Å². The molecule has 1 heterocycles. The van der Waals surface area contributed by atoms with Gasteiger partial charge < -0.3 is 9.57 Å². The number of rotatable bonds is 5. The molecule has 4 nitrogen and oxygen atoms in total. The normalized spacial score (nSPS) is 10.0. The Kier molecular flexibility index (Phi) is 4.53. The van der Waals surface area contributed by atoms with Crippen LogP contribution in [0.2, 0.25) is 5.02 Å². The van der Waals surface area contributed by atoms with Crippen molar-refractivity contribution in [1.29, 1.82) is 0 Å². The summed E-state index contributed by atoms with van der Waals surface area (Å²) in [5.74, 6) is 5.50. The van der Waals surface area contributed by atoms with E-state index in [9.17, 15) is 0 Å². The van der Waals surface area contributed by atoms with Crippen molar-refractivity contribution in [2.24, 2.45) is 5.90 Å². The zero-order valence-corrected chi connectivity index (χ0v) is 7.83. The van der Waals surface area contributed by atoms with Gasteiger partial charge >= 0.3 is 0 Å². The molecule has 0 saturated carbocycles. The lowest BCUT2D eigenvalue weighted by Gasteiger charge is -2.04. The van der Waals surface area contributed by atoms with Gasteiger partial charge in [0, 0.05) is 18.7 Å². The lowest BCUT2D eigenvalue weighted by Crippen LogP contribution is -2.06. The molecule has 13 heavy (non-hydrogen) atoms. The highest BCUT2D eigenvalue weighted by atomic mass is 35.5. The van der Waals surface area contributed by atoms with Gasteiger partial charge in [0.1, 0.15) is 5.75 Å². The SMILES string of the molecule is NOCCCOc1cncc(Cl)c1. The quantitative estimate of drug-likeness (QED) is 0.579. The predicted octanol–water partition coefficient (Wildman–Crippen LogP) is 1.39. The molecule has 0 unspecified atom stereocenters. The average molecular weight is 203 g/mol. The Hall–Kier alpha value is -0.840. The number of halogens is 1. The first-order chi connectivity index (χ1) is 6.33. The van der Waals surface area contributed by atoms with Gasteiger partial charge in [0.05, 0.1) is 24.4 Å². The van der Waals surface area contributed by atoms with Crippen LogP contribution in [0.15, 0.2) is 18.5 Å². The van der Waals surface area contributed by atoms with E-state index in [1.807, 2.05) is 0 Å². The van der Waals surface area contributed by atoms with Crippen molar-refractivity contribution in [1.82, 2.24) is 4.98 Å². The molecule has 0 saturated heterocycles. The van der Waals surface area contributed by atoms with Crippen molar-refractivity contribution in [3.63, 3.8) is 0 Å². The summed E-state index contributed by atoms with van der Waals surface area (Å²) in [6.45, 7) is 1.02. The zero-order valence-electron chi connectivity index (χ0n) is 7.07. The van der Waals surface area contributed by atoms with Gasteiger partial charge in [-0.15, -0.1) is 0 Å². The third kappa shape index (κ3) is 4.07. The number of nitrogens with two attached hydrogens (primary N) is 1. The van der Waals surface area contributed by atoms with E-state index < -0.39 is 0 Å². The third-order valence-electron chi connectivity index (χ3n) is 1.36. The van der Waals surface area contributed by atoms with Crippen LogP contribution in [0.4, 0.5) is 0 Å². The van der Waals surface area contributed by atoms with Gasteiger partial charge in [-0.3, -0.25) is 4.98 Å². The molecule has 72 valence electrons. The average Bonchev–Trinajstić information content (AvgIpc) is 2.13. The van der Waals surface area contributed by atoms with E-state index in [1.54, 1.807) is 18.5 Å². The van der Waals surface area contributed by atoms with E-state index in [1.165, 1.54) is 0 Å².